The van der Waals surface area contributed by atoms with Crippen molar-refractivity contribution in [3.8, 4) is 0 Å². The van der Waals surface area contributed by atoms with E-state index in [2.05, 4.69) is 4.98 Å². The molecule has 4 heteroatoms. The summed E-state index contributed by atoms with van der Waals surface area (Å²) >= 11 is 5.77. The molecule has 0 aliphatic rings. The molecule has 15 heavy (non-hydrogen) atoms. The van der Waals surface area contributed by atoms with Crippen LogP contribution < -0.4 is 0 Å². The first kappa shape index (κ1) is 10.2. The molecule has 1 aromatic heterocycles. The summed E-state index contributed by atoms with van der Waals surface area (Å²) in [7, 11) is 0. The van der Waals surface area contributed by atoms with Crippen LogP contribution in [0.4, 0.5) is 0 Å². The second-order valence-corrected chi connectivity index (χ2v) is 3.62. The standard InChI is InChI=1S/C11H11ClN2O/c12-11-3-1-10(2-4-11)7-15-9-14-6-5-13-8-14/h1-6,8H,7,9H2. The molecule has 0 aliphatic heterocycles. The van der Waals surface area contributed by atoms with Crippen LogP contribution in [0.25, 0.3) is 0 Å². The molecule has 2 rings (SSSR count). The molecule has 0 bridgehead atoms. The predicted molar refractivity (Wildman–Crippen MR) is 58.5 cm³/mol. The monoisotopic (exact) mass is 222 g/mol. The average molecular weight is 223 g/mol. The predicted octanol–water partition coefficient (Wildman–Crippen LogP) is 2.71. The molecule has 0 radical (unpaired) electrons. The Hall–Kier alpha value is -1.32. The van der Waals surface area contributed by atoms with E-state index in [1.54, 1.807) is 12.5 Å². The maximum Gasteiger partial charge on any atom is 0.124 e. The van der Waals surface area contributed by atoms with Crippen molar-refractivity contribution in [3.05, 3.63) is 53.6 Å². The van der Waals surface area contributed by atoms with Gasteiger partial charge in [0, 0.05) is 17.4 Å². The zero-order chi connectivity index (χ0) is 10.5. The van der Waals surface area contributed by atoms with Gasteiger partial charge in [-0.1, -0.05) is 23.7 Å². The van der Waals surface area contributed by atoms with Crippen LogP contribution >= 0.6 is 11.6 Å². The van der Waals surface area contributed by atoms with Crippen LogP contribution in [-0.2, 0) is 18.1 Å². The Morgan fingerprint density at radius 3 is 2.73 bits per heavy atom. The van der Waals surface area contributed by atoms with Crippen molar-refractivity contribution >= 4 is 11.6 Å². The van der Waals surface area contributed by atoms with Gasteiger partial charge in [-0.3, -0.25) is 0 Å². The molecule has 0 amide bonds. The highest BCUT2D eigenvalue weighted by molar-refractivity contribution is 6.30. The van der Waals surface area contributed by atoms with E-state index in [0.29, 0.717) is 13.3 Å². The molecule has 1 heterocycles. The highest BCUT2D eigenvalue weighted by atomic mass is 35.5. The van der Waals surface area contributed by atoms with Crippen molar-refractivity contribution in [2.45, 2.75) is 13.3 Å². The van der Waals surface area contributed by atoms with Crippen LogP contribution in [0.3, 0.4) is 0 Å². The van der Waals surface area contributed by atoms with E-state index in [9.17, 15) is 0 Å². The summed E-state index contributed by atoms with van der Waals surface area (Å²) in [5.74, 6) is 0. The summed E-state index contributed by atoms with van der Waals surface area (Å²) in [6.07, 6.45) is 5.31. The SMILES string of the molecule is Clc1ccc(COCn2ccnc2)cc1. The molecular formula is C11H11ClN2O. The first-order valence-corrected chi connectivity index (χ1v) is 5.00. The number of aromatic nitrogens is 2. The van der Waals surface area contributed by atoms with Crippen LogP contribution in [-0.4, -0.2) is 9.55 Å². The average Bonchev–Trinajstić information content (AvgIpc) is 2.74. The van der Waals surface area contributed by atoms with Gasteiger partial charge >= 0.3 is 0 Å². The van der Waals surface area contributed by atoms with Gasteiger partial charge in [-0.2, -0.15) is 0 Å². The number of halogens is 1. The Balaban J connectivity index is 1.81. The van der Waals surface area contributed by atoms with Crippen molar-refractivity contribution < 1.29 is 4.74 Å². The van der Waals surface area contributed by atoms with Gasteiger partial charge in [-0.25, -0.2) is 4.98 Å². The Labute approximate surface area is 93.3 Å². The lowest BCUT2D eigenvalue weighted by Gasteiger charge is -2.04. The quantitative estimate of drug-likeness (QED) is 0.796. The smallest absolute Gasteiger partial charge is 0.124 e. The van der Waals surface area contributed by atoms with Gasteiger partial charge in [-0.15, -0.1) is 0 Å². The molecule has 0 atom stereocenters. The Bertz CT molecular complexity index is 397. The minimum Gasteiger partial charge on any atom is -0.356 e. The molecule has 0 saturated heterocycles. The second kappa shape index (κ2) is 4.96. The van der Waals surface area contributed by atoms with Gasteiger partial charge < -0.3 is 9.30 Å². The van der Waals surface area contributed by atoms with Crippen molar-refractivity contribution in [1.82, 2.24) is 9.55 Å². The zero-order valence-electron chi connectivity index (χ0n) is 8.14. The first-order valence-electron chi connectivity index (χ1n) is 4.62. The van der Waals surface area contributed by atoms with Crippen molar-refractivity contribution in [1.29, 1.82) is 0 Å². The fourth-order valence-corrected chi connectivity index (χ4v) is 1.34. The van der Waals surface area contributed by atoms with Crippen LogP contribution in [0.2, 0.25) is 5.02 Å². The summed E-state index contributed by atoms with van der Waals surface area (Å²) in [5.41, 5.74) is 1.11. The van der Waals surface area contributed by atoms with E-state index in [1.165, 1.54) is 0 Å². The van der Waals surface area contributed by atoms with Gasteiger partial charge in [0.05, 0.1) is 12.9 Å². The highest BCUT2D eigenvalue weighted by Crippen LogP contribution is 2.10. The van der Waals surface area contributed by atoms with E-state index < -0.39 is 0 Å². The maximum atomic E-state index is 5.77. The van der Waals surface area contributed by atoms with Crippen molar-refractivity contribution in [2.75, 3.05) is 0 Å². The Morgan fingerprint density at radius 2 is 2.07 bits per heavy atom. The number of benzene rings is 1. The first-order chi connectivity index (χ1) is 7.34. The molecule has 3 nitrogen and oxygen atoms in total. The Kier molecular flexibility index (Phi) is 3.37. The highest BCUT2D eigenvalue weighted by Gasteiger charge is 1.94. The molecule has 0 fully saturated rings. The van der Waals surface area contributed by atoms with Gasteiger partial charge in [0.2, 0.25) is 0 Å². The fourth-order valence-electron chi connectivity index (χ4n) is 1.21. The number of hydrogen-bond donors (Lipinski definition) is 0. The lowest BCUT2D eigenvalue weighted by atomic mass is 10.2. The normalized spacial score (nSPS) is 10.5. The molecule has 2 aromatic rings. The summed E-state index contributed by atoms with van der Waals surface area (Å²) in [6, 6.07) is 7.63. The fraction of sp³-hybridized carbons (Fsp3) is 0.182. The maximum absolute atomic E-state index is 5.77. The number of rotatable bonds is 4. The lowest BCUT2D eigenvalue weighted by molar-refractivity contribution is 0.0639. The molecule has 78 valence electrons. The van der Waals surface area contributed by atoms with Crippen LogP contribution in [0.15, 0.2) is 43.0 Å². The molecule has 0 saturated carbocycles. The van der Waals surface area contributed by atoms with Crippen molar-refractivity contribution in [3.63, 3.8) is 0 Å². The largest absolute Gasteiger partial charge is 0.356 e. The third kappa shape index (κ3) is 3.08. The molecular weight excluding hydrogens is 212 g/mol. The lowest BCUT2D eigenvalue weighted by Crippen LogP contribution is -1.99. The zero-order valence-corrected chi connectivity index (χ0v) is 8.89. The van der Waals surface area contributed by atoms with E-state index in [0.717, 1.165) is 10.6 Å². The third-order valence-corrected chi connectivity index (χ3v) is 2.23. The van der Waals surface area contributed by atoms with Crippen LogP contribution in [0, 0.1) is 0 Å². The molecule has 0 aliphatic carbocycles. The second-order valence-electron chi connectivity index (χ2n) is 3.18. The summed E-state index contributed by atoms with van der Waals surface area (Å²) in [5, 5.41) is 0.744. The van der Waals surface area contributed by atoms with E-state index >= 15 is 0 Å². The number of imidazole rings is 1. The van der Waals surface area contributed by atoms with Gasteiger partial charge in [0.1, 0.15) is 6.73 Å². The molecule has 1 aromatic carbocycles. The minimum absolute atomic E-state index is 0.516. The van der Waals surface area contributed by atoms with E-state index in [4.69, 9.17) is 16.3 Å². The minimum atomic E-state index is 0.516. The van der Waals surface area contributed by atoms with Gasteiger partial charge in [0.25, 0.3) is 0 Å². The molecule has 0 unspecified atom stereocenters. The number of nitrogens with zero attached hydrogens (tertiary/aromatic N) is 2. The van der Waals surface area contributed by atoms with Crippen LogP contribution in [0.1, 0.15) is 5.56 Å². The van der Waals surface area contributed by atoms with Gasteiger partial charge in [0.15, 0.2) is 0 Å². The summed E-state index contributed by atoms with van der Waals surface area (Å²) in [6.45, 7) is 1.10. The van der Waals surface area contributed by atoms with E-state index in [1.807, 2.05) is 35.0 Å². The number of hydrogen-bond acceptors (Lipinski definition) is 2. The van der Waals surface area contributed by atoms with Crippen LogP contribution in [0.5, 0.6) is 0 Å². The van der Waals surface area contributed by atoms with Crippen molar-refractivity contribution in [2.24, 2.45) is 0 Å². The van der Waals surface area contributed by atoms with E-state index in [-0.39, 0.29) is 0 Å². The number of ether oxygens (including phenoxy) is 1. The molecule has 0 spiro atoms. The summed E-state index contributed by atoms with van der Waals surface area (Å²) in [4.78, 5) is 3.92. The topological polar surface area (TPSA) is 27.1 Å². The molecule has 0 N–H and O–H groups in total. The summed E-state index contributed by atoms with van der Waals surface area (Å²) < 4.78 is 7.35. The van der Waals surface area contributed by atoms with Gasteiger partial charge in [-0.05, 0) is 17.7 Å². The Morgan fingerprint density at radius 1 is 1.27 bits per heavy atom. The third-order valence-electron chi connectivity index (χ3n) is 1.98.